The summed E-state index contributed by atoms with van der Waals surface area (Å²) in [5.74, 6) is 0.0640. The molecule has 2 N–H and O–H groups in total. The van der Waals surface area contributed by atoms with E-state index in [1.807, 2.05) is 0 Å². The summed E-state index contributed by atoms with van der Waals surface area (Å²) in [4.78, 5) is 23.1. The minimum atomic E-state index is -0.389. The van der Waals surface area contributed by atoms with Crippen molar-refractivity contribution in [1.29, 1.82) is 0 Å². The van der Waals surface area contributed by atoms with Gasteiger partial charge in [-0.15, -0.1) is 0 Å². The first-order chi connectivity index (χ1) is 9.99. The molecule has 0 saturated heterocycles. The topological polar surface area (TPSA) is 80.6 Å². The molecule has 1 aromatic carbocycles. The SMILES string of the molecule is COc1ccc(NC(=O)c2ccc(Br)o2)cc1NC(C)=O. The zero-order chi connectivity index (χ0) is 15.4. The summed E-state index contributed by atoms with van der Waals surface area (Å²) in [6.45, 7) is 1.39. The van der Waals surface area contributed by atoms with Gasteiger partial charge in [0.1, 0.15) is 5.75 Å². The Morgan fingerprint density at radius 3 is 2.52 bits per heavy atom. The minimum Gasteiger partial charge on any atom is -0.495 e. The van der Waals surface area contributed by atoms with Crippen molar-refractivity contribution in [1.82, 2.24) is 0 Å². The normalized spacial score (nSPS) is 10.0. The minimum absolute atomic E-state index is 0.179. The van der Waals surface area contributed by atoms with E-state index in [9.17, 15) is 9.59 Å². The number of ether oxygens (including phenoxy) is 1. The second-order valence-corrected chi connectivity index (χ2v) is 4.94. The number of benzene rings is 1. The lowest BCUT2D eigenvalue weighted by Gasteiger charge is -2.11. The monoisotopic (exact) mass is 352 g/mol. The predicted octanol–water partition coefficient (Wildman–Crippen LogP) is 3.26. The molecular weight excluding hydrogens is 340 g/mol. The maximum atomic E-state index is 12.0. The molecule has 2 aromatic rings. The number of rotatable bonds is 4. The zero-order valence-corrected chi connectivity index (χ0v) is 13.0. The number of amides is 2. The Balaban J connectivity index is 2.20. The van der Waals surface area contributed by atoms with Crippen LogP contribution in [-0.2, 0) is 4.79 Å². The molecular formula is C14H13BrN2O4. The predicted molar refractivity (Wildman–Crippen MR) is 81.7 cm³/mol. The number of methoxy groups -OCH3 is 1. The highest BCUT2D eigenvalue weighted by Gasteiger charge is 2.12. The van der Waals surface area contributed by atoms with Crippen LogP contribution in [0.3, 0.4) is 0 Å². The maximum Gasteiger partial charge on any atom is 0.291 e. The fraction of sp³-hybridized carbons (Fsp3) is 0.143. The van der Waals surface area contributed by atoms with Crippen LogP contribution in [0.15, 0.2) is 39.4 Å². The van der Waals surface area contributed by atoms with Crippen LogP contribution in [0, 0.1) is 0 Å². The second-order valence-electron chi connectivity index (χ2n) is 4.15. The van der Waals surface area contributed by atoms with Crippen molar-refractivity contribution in [2.45, 2.75) is 6.92 Å². The molecule has 0 aliphatic heterocycles. The van der Waals surface area contributed by atoms with Crippen LogP contribution in [0.25, 0.3) is 0 Å². The summed E-state index contributed by atoms with van der Waals surface area (Å²) in [7, 11) is 1.50. The van der Waals surface area contributed by atoms with E-state index >= 15 is 0 Å². The first kappa shape index (κ1) is 15.1. The third-order valence-electron chi connectivity index (χ3n) is 2.57. The Morgan fingerprint density at radius 2 is 1.95 bits per heavy atom. The number of carbonyl (C=O) groups is 2. The third-order valence-corrected chi connectivity index (χ3v) is 2.99. The van der Waals surface area contributed by atoms with Gasteiger partial charge in [-0.25, -0.2) is 0 Å². The molecule has 21 heavy (non-hydrogen) atoms. The lowest BCUT2D eigenvalue weighted by molar-refractivity contribution is -0.114. The van der Waals surface area contributed by atoms with Gasteiger partial charge in [0.25, 0.3) is 5.91 Å². The van der Waals surface area contributed by atoms with E-state index in [1.165, 1.54) is 14.0 Å². The third kappa shape index (κ3) is 3.85. The summed E-state index contributed by atoms with van der Waals surface area (Å²) in [6.07, 6.45) is 0. The molecule has 0 unspecified atom stereocenters. The van der Waals surface area contributed by atoms with Gasteiger partial charge in [0.2, 0.25) is 5.91 Å². The van der Waals surface area contributed by atoms with E-state index in [0.717, 1.165) is 0 Å². The van der Waals surface area contributed by atoms with E-state index in [4.69, 9.17) is 9.15 Å². The molecule has 0 aliphatic carbocycles. The highest BCUT2D eigenvalue weighted by molar-refractivity contribution is 9.10. The van der Waals surface area contributed by atoms with E-state index in [-0.39, 0.29) is 17.6 Å². The van der Waals surface area contributed by atoms with Crippen LogP contribution in [-0.4, -0.2) is 18.9 Å². The molecule has 0 aliphatic rings. The number of hydrogen-bond donors (Lipinski definition) is 2. The molecule has 1 aromatic heterocycles. The van der Waals surface area contributed by atoms with Crippen molar-refractivity contribution in [3.8, 4) is 5.75 Å². The van der Waals surface area contributed by atoms with Gasteiger partial charge in [-0.1, -0.05) is 0 Å². The number of anilines is 2. The van der Waals surface area contributed by atoms with Gasteiger partial charge in [0, 0.05) is 12.6 Å². The summed E-state index contributed by atoms with van der Waals surface area (Å²) in [5.41, 5.74) is 0.987. The molecule has 0 fully saturated rings. The molecule has 6 nitrogen and oxygen atoms in total. The standard InChI is InChI=1S/C14H13BrN2O4/c1-8(18)16-10-7-9(3-4-11(10)20-2)17-14(19)12-5-6-13(15)21-12/h3-7H,1-2H3,(H,16,18)(H,17,19). The van der Waals surface area contributed by atoms with Gasteiger partial charge in [0.15, 0.2) is 10.4 Å². The summed E-state index contributed by atoms with van der Waals surface area (Å²) >= 11 is 3.13. The number of furan rings is 1. The first-order valence-corrected chi connectivity index (χ1v) is 6.81. The number of hydrogen-bond acceptors (Lipinski definition) is 4. The van der Waals surface area contributed by atoms with Crippen LogP contribution >= 0.6 is 15.9 Å². The van der Waals surface area contributed by atoms with E-state index in [1.54, 1.807) is 30.3 Å². The van der Waals surface area contributed by atoms with Crippen LogP contribution < -0.4 is 15.4 Å². The smallest absolute Gasteiger partial charge is 0.291 e. The summed E-state index contributed by atoms with van der Waals surface area (Å²) < 4.78 is 10.8. The Morgan fingerprint density at radius 1 is 1.19 bits per heavy atom. The second kappa shape index (κ2) is 6.45. The highest BCUT2D eigenvalue weighted by atomic mass is 79.9. The van der Waals surface area contributed by atoms with Crippen LogP contribution in [0.5, 0.6) is 5.75 Å². The molecule has 110 valence electrons. The number of nitrogens with one attached hydrogen (secondary N) is 2. The zero-order valence-electron chi connectivity index (χ0n) is 11.4. The molecule has 1 heterocycles. The molecule has 0 bridgehead atoms. The average Bonchev–Trinajstić information content (AvgIpc) is 2.85. The first-order valence-electron chi connectivity index (χ1n) is 6.02. The summed E-state index contributed by atoms with van der Waals surface area (Å²) in [6, 6.07) is 8.11. The average molecular weight is 353 g/mol. The largest absolute Gasteiger partial charge is 0.495 e. The lowest BCUT2D eigenvalue weighted by atomic mass is 10.2. The molecule has 7 heteroatoms. The molecule has 2 amide bonds. The van der Waals surface area contributed by atoms with Gasteiger partial charge in [-0.3, -0.25) is 9.59 Å². The molecule has 0 saturated carbocycles. The van der Waals surface area contributed by atoms with Crippen LogP contribution in [0.2, 0.25) is 0 Å². The van der Waals surface area contributed by atoms with Crippen molar-refractivity contribution in [3.63, 3.8) is 0 Å². The number of halogens is 1. The van der Waals surface area contributed by atoms with Gasteiger partial charge in [-0.2, -0.15) is 0 Å². The van der Waals surface area contributed by atoms with Gasteiger partial charge in [-0.05, 0) is 46.3 Å². The fourth-order valence-corrected chi connectivity index (χ4v) is 2.01. The number of carbonyl (C=O) groups excluding carboxylic acids is 2. The van der Waals surface area contributed by atoms with Crippen molar-refractivity contribution in [3.05, 3.63) is 40.8 Å². The Labute approximate surface area is 129 Å². The lowest BCUT2D eigenvalue weighted by Crippen LogP contribution is -2.12. The Hall–Kier alpha value is -2.28. The molecule has 0 spiro atoms. The van der Waals surface area contributed by atoms with Gasteiger partial charge in [0.05, 0.1) is 12.8 Å². The van der Waals surface area contributed by atoms with Crippen molar-refractivity contribution in [2.24, 2.45) is 0 Å². The highest BCUT2D eigenvalue weighted by Crippen LogP contribution is 2.28. The molecule has 0 radical (unpaired) electrons. The van der Waals surface area contributed by atoms with Gasteiger partial charge < -0.3 is 19.8 Å². The van der Waals surface area contributed by atoms with Crippen LogP contribution in [0.1, 0.15) is 17.5 Å². The van der Waals surface area contributed by atoms with E-state index in [0.29, 0.717) is 21.8 Å². The molecule has 0 atom stereocenters. The van der Waals surface area contributed by atoms with Crippen molar-refractivity contribution < 1.29 is 18.7 Å². The van der Waals surface area contributed by atoms with Crippen molar-refractivity contribution in [2.75, 3.05) is 17.7 Å². The van der Waals surface area contributed by atoms with Gasteiger partial charge >= 0.3 is 0 Å². The quantitative estimate of drug-likeness (QED) is 0.884. The van der Waals surface area contributed by atoms with Crippen LogP contribution in [0.4, 0.5) is 11.4 Å². The summed E-state index contributed by atoms with van der Waals surface area (Å²) in [5, 5.41) is 5.31. The fourth-order valence-electron chi connectivity index (χ4n) is 1.70. The Bertz CT molecular complexity index is 681. The van der Waals surface area contributed by atoms with E-state index in [2.05, 4.69) is 26.6 Å². The van der Waals surface area contributed by atoms with E-state index < -0.39 is 0 Å². The molecule has 2 rings (SSSR count). The van der Waals surface area contributed by atoms with Crippen molar-refractivity contribution >= 4 is 39.1 Å². The Kier molecular flexibility index (Phi) is 4.64. The maximum absolute atomic E-state index is 12.0.